The molecule has 1 aliphatic heterocycles. The smallest absolute Gasteiger partial charge is 0.242 e. The Labute approximate surface area is 158 Å². The van der Waals surface area contributed by atoms with Crippen LogP contribution in [0.1, 0.15) is 18.5 Å². The first kappa shape index (κ1) is 23.1. The molecule has 7 heteroatoms. The van der Waals surface area contributed by atoms with Crippen LogP contribution in [0.3, 0.4) is 0 Å². The van der Waals surface area contributed by atoms with Gasteiger partial charge in [-0.15, -0.1) is 24.8 Å². The van der Waals surface area contributed by atoms with Crippen molar-refractivity contribution in [3.8, 4) is 0 Å². The van der Waals surface area contributed by atoms with Crippen molar-refractivity contribution in [2.75, 3.05) is 52.9 Å². The molecule has 1 amide bonds. The van der Waals surface area contributed by atoms with Gasteiger partial charge in [0.15, 0.2) is 0 Å². The maximum absolute atomic E-state index is 12.7. The van der Waals surface area contributed by atoms with Gasteiger partial charge in [0.05, 0.1) is 0 Å². The summed E-state index contributed by atoms with van der Waals surface area (Å²) in [6.45, 7) is 8.35. The van der Waals surface area contributed by atoms with Crippen LogP contribution in [0.5, 0.6) is 0 Å². The van der Waals surface area contributed by atoms with Crippen LogP contribution in [-0.4, -0.2) is 68.6 Å². The van der Waals surface area contributed by atoms with Gasteiger partial charge in [-0.3, -0.25) is 9.69 Å². The third kappa shape index (κ3) is 6.95. The standard InChI is InChI=1S/C17H28N4O.2ClH/c1-3-18-9-10-19-17(22)16(15-7-5-4-6-8-15)21-13-11-20(2)12-14-21;;/h4-8,16,18H,3,9-14H2,1-2H3,(H,19,22);2*1H. The number of carbonyl (C=O) groups is 1. The second-order valence-corrected chi connectivity index (χ2v) is 5.80. The van der Waals surface area contributed by atoms with Gasteiger partial charge >= 0.3 is 0 Å². The van der Waals surface area contributed by atoms with E-state index in [1.165, 1.54) is 0 Å². The lowest BCUT2D eigenvalue weighted by atomic mass is 10.0. The molecule has 1 unspecified atom stereocenters. The summed E-state index contributed by atoms with van der Waals surface area (Å²) in [6.07, 6.45) is 0. The average molecular weight is 377 g/mol. The Bertz CT molecular complexity index is 453. The van der Waals surface area contributed by atoms with E-state index < -0.39 is 0 Å². The summed E-state index contributed by atoms with van der Waals surface area (Å²) in [5.74, 6) is 0.105. The van der Waals surface area contributed by atoms with E-state index in [0.717, 1.165) is 44.8 Å². The molecule has 1 aromatic rings. The number of nitrogens with one attached hydrogen (secondary N) is 2. The summed E-state index contributed by atoms with van der Waals surface area (Å²) in [6, 6.07) is 9.92. The van der Waals surface area contributed by atoms with Crippen LogP contribution in [0.25, 0.3) is 0 Å². The summed E-state index contributed by atoms with van der Waals surface area (Å²) in [7, 11) is 2.13. The van der Waals surface area contributed by atoms with E-state index in [9.17, 15) is 4.79 Å². The molecule has 1 atom stereocenters. The van der Waals surface area contributed by atoms with Crippen molar-refractivity contribution >= 4 is 30.7 Å². The molecule has 0 saturated carbocycles. The Morgan fingerprint density at radius 3 is 2.29 bits per heavy atom. The van der Waals surface area contributed by atoms with Crippen LogP contribution in [0.4, 0.5) is 0 Å². The Morgan fingerprint density at radius 1 is 1.08 bits per heavy atom. The van der Waals surface area contributed by atoms with Gasteiger partial charge in [-0.1, -0.05) is 37.3 Å². The molecule has 2 N–H and O–H groups in total. The molecule has 5 nitrogen and oxygen atoms in total. The number of halogens is 2. The summed E-state index contributed by atoms with van der Waals surface area (Å²) < 4.78 is 0. The van der Waals surface area contributed by atoms with Gasteiger partial charge in [0.2, 0.25) is 5.91 Å². The van der Waals surface area contributed by atoms with E-state index in [1.54, 1.807) is 0 Å². The summed E-state index contributed by atoms with van der Waals surface area (Å²) in [5.41, 5.74) is 1.08. The lowest BCUT2D eigenvalue weighted by Crippen LogP contribution is -2.50. The third-order valence-electron chi connectivity index (χ3n) is 4.12. The number of benzene rings is 1. The highest BCUT2D eigenvalue weighted by atomic mass is 35.5. The SMILES string of the molecule is CCNCCNC(=O)C(c1ccccc1)N1CCN(C)CC1.Cl.Cl. The van der Waals surface area contributed by atoms with Gasteiger partial charge in [-0.05, 0) is 19.2 Å². The number of hydrogen-bond donors (Lipinski definition) is 2. The number of nitrogens with zero attached hydrogens (tertiary/aromatic N) is 2. The molecule has 0 spiro atoms. The number of hydrogen-bond acceptors (Lipinski definition) is 4. The molecule has 0 bridgehead atoms. The van der Waals surface area contributed by atoms with Gasteiger partial charge in [-0.2, -0.15) is 0 Å². The van der Waals surface area contributed by atoms with Crippen molar-refractivity contribution in [3.05, 3.63) is 35.9 Å². The molecule has 1 saturated heterocycles. The quantitative estimate of drug-likeness (QED) is 0.708. The Morgan fingerprint density at radius 2 is 1.71 bits per heavy atom. The average Bonchev–Trinajstić information content (AvgIpc) is 2.55. The Balaban J connectivity index is 0.00000264. The molecule has 0 aliphatic carbocycles. The lowest BCUT2D eigenvalue weighted by molar-refractivity contribution is -0.127. The number of rotatable bonds is 7. The molecule has 1 fully saturated rings. The molecule has 2 rings (SSSR count). The zero-order chi connectivity index (χ0) is 15.8. The predicted octanol–water partition coefficient (Wildman–Crippen LogP) is 1.54. The minimum absolute atomic E-state index is 0. The molecule has 1 aromatic carbocycles. The van der Waals surface area contributed by atoms with Crippen LogP contribution >= 0.6 is 24.8 Å². The number of likely N-dealkylation sites (N-methyl/N-ethyl adjacent to an activating group) is 2. The summed E-state index contributed by atoms with van der Waals surface area (Å²) >= 11 is 0. The minimum Gasteiger partial charge on any atom is -0.353 e. The van der Waals surface area contributed by atoms with Gasteiger partial charge in [0, 0.05) is 39.3 Å². The fraction of sp³-hybridized carbons (Fsp3) is 0.588. The van der Waals surface area contributed by atoms with Gasteiger partial charge in [-0.25, -0.2) is 0 Å². The number of piperazine rings is 1. The minimum atomic E-state index is -0.184. The van der Waals surface area contributed by atoms with Crippen LogP contribution in [0, 0.1) is 0 Å². The lowest BCUT2D eigenvalue weighted by Gasteiger charge is -2.37. The first-order chi connectivity index (χ1) is 10.7. The topological polar surface area (TPSA) is 47.6 Å². The molecule has 0 radical (unpaired) electrons. The predicted molar refractivity (Wildman–Crippen MR) is 104 cm³/mol. The first-order valence-electron chi connectivity index (χ1n) is 8.18. The maximum Gasteiger partial charge on any atom is 0.242 e. The summed E-state index contributed by atoms with van der Waals surface area (Å²) in [4.78, 5) is 17.3. The molecule has 0 aromatic heterocycles. The van der Waals surface area contributed by atoms with Crippen LogP contribution in [-0.2, 0) is 4.79 Å². The second-order valence-electron chi connectivity index (χ2n) is 5.80. The van der Waals surface area contributed by atoms with Crippen molar-refractivity contribution in [2.45, 2.75) is 13.0 Å². The number of amides is 1. The fourth-order valence-electron chi connectivity index (χ4n) is 2.79. The summed E-state index contributed by atoms with van der Waals surface area (Å²) in [5, 5.41) is 6.30. The molecule has 1 aliphatic rings. The molecule has 1 heterocycles. The van der Waals surface area contributed by atoms with E-state index in [4.69, 9.17) is 0 Å². The molecular formula is C17H30Cl2N4O. The molecule has 138 valence electrons. The fourth-order valence-corrected chi connectivity index (χ4v) is 2.79. The normalized spacial score (nSPS) is 16.6. The van der Waals surface area contributed by atoms with E-state index in [-0.39, 0.29) is 36.8 Å². The van der Waals surface area contributed by atoms with Crippen molar-refractivity contribution in [2.24, 2.45) is 0 Å². The maximum atomic E-state index is 12.7. The van der Waals surface area contributed by atoms with Crippen molar-refractivity contribution in [1.29, 1.82) is 0 Å². The van der Waals surface area contributed by atoms with Crippen molar-refractivity contribution in [1.82, 2.24) is 20.4 Å². The van der Waals surface area contributed by atoms with Gasteiger partial charge < -0.3 is 15.5 Å². The second kappa shape index (κ2) is 12.5. The van der Waals surface area contributed by atoms with Crippen molar-refractivity contribution < 1.29 is 4.79 Å². The third-order valence-corrected chi connectivity index (χ3v) is 4.12. The van der Waals surface area contributed by atoms with E-state index in [0.29, 0.717) is 6.54 Å². The highest BCUT2D eigenvalue weighted by Crippen LogP contribution is 2.22. The highest BCUT2D eigenvalue weighted by Gasteiger charge is 2.29. The zero-order valence-electron chi connectivity index (χ0n) is 14.5. The largest absolute Gasteiger partial charge is 0.353 e. The number of carbonyl (C=O) groups excluding carboxylic acids is 1. The Hall–Kier alpha value is -0.850. The highest BCUT2D eigenvalue weighted by molar-refractivity contribution is 5.85. The molecular weight excluding hydrogens is 347 g/mol. The van der Waals surface area contributed by atoms with Gasteiger partial charge in [0.1, 0.15) is 6.04 Å². The van der Waals surface area contributed by atoms with Crippen molar-refractivity contribution in [3.63, 3.8) is 0 Å². The Kier molecular flexibility index (Phi) is 12.1. The van der Waals surface area contributed by atoms with E-state index in [2.05, 4.69) is 34.4 Å². The van der Waals surface area contributed by atoms with E-state index >= 15 is 0 Å². The van der Waals surface area contributed by atoms with Gasteiger partial charge in [0.25, 0.3) is 0 Å². The van der Waals surface area contributed by atoms with Crippen LogP contribution in [0.15, 0.2) is 30.3 Å². The molecule has 24 heavy (non-hydrogen) atoms. The zero-order valence-corrected chi connectivity index (χ0v) is 16.2. The van der Waals surface area contributed by atoms with E-state index in [1.807, 2.05) is 30.3 Å². The first-order valence-corrected chi connectivity index (χ1v) is 8.18. The van der Waals surface area contributed by atoms with Crippen LogP contribution < -0.4 is 10.6 Å². The van der Waals surface area contributed by atoms with Crippen LogP contribution in [0.2, 0.25) is 0 Å². The monoisotopic (exact) mass is 376 g/mol.